The molecule has 0 saturated heterocycles. The molecule has 2 aromatic heterocycles. The highest BCUT2D eigenvalue weighted by Gasteiger charge is 2.32. The molecule has 0 atom stereocenters. The number of oxazole rings is 2. The summed E-state index contributed by atoms with van der Waals surface area (Å²) in [6.07, 6.45) is 6.54. The van der Waals surface area contributed by atoms with Crippen LogP contribution in [0.4, 0.5) is 5.69 Å². The van der Waals surface area contributed by atoms with Gasteiger partial charge in [-0.25, -0.2) is 9.97 Å². The molecule has 0 spiro atoms. The van der Waals surface area contributed by atoms with Crippen molar-refractivity contribution < 1.29 is 13.6 Å². The zero-order valence-corrected chi connectivity index (χ0v) is 11.7. The fourth-order valence-corrected chi connectivity index (χ4v) is 2.36. The summed E-state index contributed by atoms with van der Waals surface area (Å²) >= 11 is 0. The van der Waals surface area contributed by atoms with Gasteiger partial charge < -0.3 is 14.2 Å². The minimum absolute atomic E-state index is 0.288. The lowest BCUT2D eigenvalue weighted by Gasteiger charge is -2.05. The van der Waals surface area contributed by atoms with Crippen LogP contribution in [0.3, 0.4) is 0 Å². The monoisotopic (exact) mass is 295 g/mol. The first-order valence-electron chi connectivity index (χ1n) is 7.06. The van der Waals surface area contributed by atoms with Crippen LogP contribution >= 0.6 is 0 Å². The van der Waals surface area contributed by atoms with Gasteiger partial charge in [0.15, 0.2) is 6.39 Å². The van der Waals surface area contributed by atoms with Crippen LogP contribution in [0, 0.1) is 0 Å². The molecule has 4 rings (SSSR count). The zero-order valence-electron chi connectivity index (χ0n) is 11.7. The van der Waals surface area contributed by atoms with Crippen LogP contribution in [0.15, 0.2) is 52.0 Å². The number of rotatable bonds is 4. The van der Waals surface area contributed by atoms with E-state index in [2.05, 4.69) is 15.3 Å². The summed E-state index contributed by atoms with van der Waals surface area (Å²) in [5.41, 5.74) is 2.20. The van der Waals surface area contributed by atoms with Crippen molar-refractivity contribution in [1.82, 2.24) is 9.97 Å². The van der Waals surface area contributed by atoms with Crippen LogP contribution in [0.5, 0.6) is 0 Å². The van der Waals surface area contributed by atoms with E-state index >= 15 is 0 Å². The van der Waals surface area contributed by atoms with Gasteiger partial charge in [-0.05, 0) is 31.0 Å². The Labute approximate surface area is 126 Å². The fraction of sp³-hybridized carbons (Fsp3) is 0.188. The highest BCUT2D eigenvalue weighted by Crippen LogP contribution is 2.40. The Morgan fingerprint density at radius 3 is 2.91 bits per heavy atom. The van der Waals surface area contributed by atoms with Crippen LogP contribution < -0.4 is 5.32 Å². The highest BCUT2D eigenvalue weighted by molar-refractivity contribution is 6.03. The van der Waals surface area contributed by atoms with Gasteiger partial charge in [0, 0.05) is 17.2 Å². The van der Waals surface area contributed by atoms with E-state index in [1.807, 2.05) is 12.1 Å². The molecule has 0 unspecified atom stereocenters. The maximum absolute atomic E-state index is 12.3. The first-order valence-corrected chi connectivity index (χ1v) is 7.06. The smallest absolute Gasteiger partial charge is 0.293 e. The zero-order chi connectivity index (χ0) is 14.9. The number of nitrogens with zero attached hydrogens (tertiary/aromatic N) is 2. The lowest BCUT2D eigenvalue weighted by Crippen LogP contribution is -2.13. The summed E-state index contributed by atoms with van der Waals surface area (Å²) < 4.78 is 10.5. The molecular weight excluding hydrogens is 282 g/mol. The van der Waals surface area contributed by atoms with Crippen molar-refractivity contribution in [3.05, 3.63) is 54.6 Å². The van der Waals surface area contributed by atoms with E-state index in [-0.39, 0.29) is 5.91 Å². The predicted molar refractivity (Wildman–Crippen MR) is 78.4 cm³/mol. The van der Waals surface area contributed by atoms with Crippen molar-refractivity contribution in [3.8, 4) is 11.5 Å². The molecule has 1 amide bonds. The Morgan fingerprint density at radius 1 is 1.23 bits per heavy atom. The normalized spacial score (nSPS) is 14.0. The second-order valence-corrected chi connectivity index (χ2v) is 5.21. The molecule has 1 fully saturated rings. The molecule has 6 heteroatoms. The van der Waals surface area contributed by atoms with E-state index in [0.717, 1.165) is 24.1 Å². The van der Waals surface area contributed by atoms with Gasteiger partial charge >= 0.3 is 0 Å². The molecule has 110 valence electrons. The van der Waals surface area contributed by atoms with Crippen molar-refractivity contribution >= 4 is 11.6 Å². The molecule has 0 aliphatic heterocycles. The molecule has 1 aliphatic rings. The summed E-state index contributed by atoms with van der Waals surface area (Å²) in [6, 6.07) is 7.30. The Kier molecular flexibility index (Phi) is 3.00. The van der Waals surface area contributed by atoms with E-state index < -0.39 is 0 Å². The third-order valence-corrected chi connectivity index (χ3v) is 3.56. The van der Waals surface area contributed by atoms with Crippen molar-refractivity contribution in [2.75, 3.05) is 5.32 Å². The minimum atomic E-state index is -0.288. The number of carbonyl (C=O) groups excluding carboxylic acids is 1. The fourth-order valence-electron chi connectivity index (χ4n) is 2.36. The van der Waals surface area contributed by atoms with Gasteiger partial charge in [-0.2, -0.15) is 0 Å². The Hall–Kier alpha value is -2.89. The lowest BCUT2D eigenvalue weighted by molar-refractivity contribution is 0.0995. The third-order valence-electron chi connectivity index (χ3n) is 3.56. The van der Waals surface area contributed by atoms with E-state index in [0.29, 0.717) is 23.3 Å². The number of anilines is 1. The molecule has 2 heterocycles. The van der Waals surface area contributed by atoms with Crippen molar-refractivity contribution in [2.45, 2.75) is 18.8 Å². The van der Waals surface area contributed by atoms with Crippen LogP contribution in [-0.2, 0) is 0 Å². The summed E-state index contributed by atoms with van der Waals surface area (Å²) in [5, 5.41) is 2.83. The van der Waals surface area contributed by atoms with Crippen LogP contribution in [0.2, 0.25) is 0 Å². The minimum Gasteiger partial charge on any atom is -0.445 e. The molecule has 6 nitrogen and oxygen atoms in total. The van der Waals surface area contributed by atoms with Crippen molar-refractivity contribution in [3.63, 3.8) is 0 Å². The van der Waals surface area contributed by atoms with E-state index in [1.54, 1.807) is 18.3 Å². The van der Waals surface area contributed by atoms with Crippen LogP contribution in [0.1, 0.15) is 35.0 Å². The lowest BCUT2D eigenvalue weighted by atomic mass is 10.2. The highest BCUT2D eigenvalue weighted by atomic mass is 16.4. The van der Waals surface area contributed by atoms with Gasteiger partial charge in [-0.1, -0.05) is 6.07 Å². The van der Waals surface area contributed by atoms with E-state index in [1.165, 1.54) is 12.7 Å². The van der Waals surface area contributed by atoms with E-state index in [4.69, 9.17) is 8.83 Å². The largest absolute Gasteiger partial charge is 0.445 e. The van der Waals surface area contributed by atoms with Crippen LogP contribution in [-0.4, -0.2) is 15.9 Å². The summed E-state index contributed by atoms with van der Waals surface area (Å²) in [5.74, 6) is 0.876. The number of amides is 1. The topological polar surface area (TPSA) is 81.2 Å². The maximum Gasteiger partial charge on any atom is 0.293 e. The van der Waals surface area contributed by atoms with Crippen molar-refractivity contribution in [2.24, 2.45) is 0 Å². The average molecular weight is 295 g/mol. The molecule has 22 heavy (non-hydrogen) atoms. The Balaban J connectivity index is 1.57. The van der Waals surface area contributed by atoms with Gasteiger partial charge in [0.1, 0.15) is 6.26 Å². The van der Waals surface area contributed by atoms with Gasteiger partial charge in [0.05, 0.1) is 11.9 Å². The first-order chi connectivity index (χ1) is 10.8. The van der Waals surface area contributed by atoms with Gasteiger partial charge in [-0.3, -0.25) is 4.79 Å². The molecule has 0 radical (unpaired) electrons. The van der Waals surface area contributed by atoms with E-state index in [9.17, 15) is 4.79 Å². The number of benzene rings is 1. The number of carbonyl (C=O) groups is 1. The van der Waals surface area contributed by atoms with Crippen molar-refractivity contribution in [1.29, 1.82) is 0 Å². The second-order valence-electron chi connectivity index (χ2n) is 5.21. The number of hydrogen-bond donors (Lipinski definition) is 1. The Bertz CT molecular complexity index is 804. The molecule has 1 N–H and O–H groups in total. The average Bonchev–Trinajstić information content (AvgIpc) is 3.05. The molecule has 0 bridgehead atoms. The second kappa shape index (κ2) is 5.14. The first kappa shape index (κ1) is 12.8. The number of hydrogen-bond acceptors (Lipinski definition) is 5. The SMILES string of the molecule is O=C(Nc1cccc(-c2ncco2)c1)c1ocnc1C1CC1. The molecule has 1 saturated carbocycles. The number of aromatic nitrogens is 2. The van der Waals surface area contributed by atoms with Gasteiger partial charge in [-0.15, -0.1) is 0 Å². The Morgan fingerprint density at radius 2 is 2.14 bits per heavy atom. The van der Waals surface area contributed by atoms with Crippen LogP contribution in [0.25, 0.3) is 11.5 Å². The molecule has 3 aromatic rings. The molecule has 1 aliphatic carbocycles. The summed E-state index contributed by atoms with van der Waals surface area (Å²) in [4.78, 5) is 20.6. The van der Waals surface area contributed by atoms with Gasteiger partial charge in [0.25, 0.3) is 5.91 Å². The predicted octanol–water partition coefficient (Wildman–Crippen LogP) is 3.46. The van der Waals surface area contributed by atoms with Gasteiger partial charge in [0.2, 0.25) is 11.7 Å². The summed E-state index contributed by atoms with van der Waals surface area (Å²) in [7, 11) is 0. The summed E-state index contributed by atoms with van der Waals surface area (Å²) in [6.45, 7) is 0. The molecular formula is C16H13N3O3. The maximum atomic E-state index is 12.3. The third kappa shape index (κ3) is 2.39. The standard InChI is InChI=1S/C16H13N3O3/c20-15(14-13(10-4-5-10)18-9-22-14)19-12-3-1-2-11(8-12)16-17-6-7-21-16/h1-3,6-10H,4-5H2,(H,19,20). The number of nitrogens with one attached hydrogen (secondary N) is 1. The quantitative estimate of drug-likeness (QED) is 0.797. The molecule has 1 aromatic carbocycles.